The number of primary amides is 1. The van der Waals surface area contributed by atoms with Crippen LogP contribution in [-0.4, -0.2) is 50.6 Å². The highest BCUT2D eigenvalue weighted by Gasteiger charge is 2.07. The summed E-state index contributed by atoms with van der Waals surface area (Å²) in [7, 11) is 0. The number of hydrogen-bond acceptors (Lipinski definition) is 5. The van der Waals surface area contributed by atoms with Gasteiger partial charge in [-0.15, -0.1) is 0 Å². The number of amides is 2. The number of hydrogen-bond donors (Lipinski definition) is 2. The fraction of sp³-hybridized carbons (Fsp3) is 0.812. The average molecular weight is 330 g/mol. The van der Waals surface area contributed by atoms with E-state index in [9.17, 15) is 14.4 Å². The van der Waals surface area contributed by atoms with E-state index in [0.717, 1.165) is 19.3 Å². The molecule has 0 rings (SSSR count). The smallest absolute Gasteiger partial charge is 0.245 e. The number of Topliss-reactive ketones (excluding diaryl/α,β-unsaturated/α-hetero) is 1. The van der Waals surface area contributed by atoms with Crippen molar-refractivity contribution in [2.75, 3.05) is 33.0 Å². The van der Waals surface area contributed by atoms with Crippen molar-refractivity contribution in [2.24, 2.45) is 11.7 Å². The summed E-state index contributed by atoms with van der Waals surface area (Å²) in [6.45, 7) is 5.22. The van der Waals surface area contributed by atoms with Gasteiger partial charge in [-0.05, 0) is 26.2 Å². The minimum absolute atomic E-state index is 0.00843. The molecule has 0 heterocycles. The first kappa shape index (κ1) is 21.5. The summed E-state index contributed by atoms with van der Waals surface area (Å²) in [4.78, 5) is 33.0. The molecule has 23 heavy (non-hydrogen) atoms. The highest BCUT2D eigenvalue weighted by Crippen LogP contribution is 2.06. The molecule has 0 saturated heterocycles. The molecule has 0 spiro atoms. The van der Waals surface area contributed by atoms with Gasteiger partial charge in [-0.2, -0.15) is 0 Å². The summed E-state index contributed by atoms with van der Waals surface area (Å²) >= 11 is 0. The first-order valence-electron chi connectivity index (χ1n) is 8.14. The molecule has 0 aliphatic rings. The quantitative estimate of drug-likeness (QED) is 0.432. The van der Waals surface area contributed by atoms with Gasteiger partial charge in [0.05, 0.1) is 13.2 Å². The van der Waals surface area contributed by atoms with Crippen LogP contribution < -0.4 is 11.1 Å². The van der Waals surface area contributed by atoms with E-state index in [-0.39, 0.29) is 30.1 Å². The van der Waals surface area contributed by atoms with E-state index in [1.165, 1.54) is 0 Å². The van der Waals surface area contributed by atoms with Crippen molar-refractivity contribution in [3.8, 4) is 0 Å². The van der Waals surface area contributed by atoms with Crippen LogP contribution in [0.3, 0.4) is 0 Å². The van der Waals surface area contributed by atoms with Gasteiger partial charge in [-0.3, -0.25) is 9.59 Å². The number of unbranched alkanes of at least 4 members (excludes halogenated alkanes) is 1. The standard InChI is InChI=1S/C16H30N2O5/c1-13(16(17)21)6-3-4-8-18-15(20)12-23-11-10-22-9-5-7-14(2)19/h13H,3-12H2,1-2H3,(H2,17,21)(H,18,20). The van der Waals surface area contributed by atoms with Gasteiger partial charge in [0.1, 0.15) is 12.4 Å². The fourth-order valence-electron chi connectivity index (χ4n) is 1.80. The van der Waals surface area contributed by atoms with E-state index < -0.39 is 0 Å². The number of carbonyl (C=O) groups is 3. The predicted octanol–water partition coefficient (Wildman–Crippen LogP) is 0.797. The number of nitrogens with one attached hydrogen (secondary N) is 1. The van der Waals surface area contributed by atoms with Crippen molar-refractivity contribution >= 4 is 17.6 Å². The largest absolute Gasteiger partial charge is 0.379 e. The monoisotopic (exact) mass is 330 g/mol. The van der Waals surface area contributed by atoms with Gasteiger partial charge >= 0.3 is 0 Å². The third kappa shape index (κ3) is 15.2. The zero-order valence-electron chi connectivity index (χ0n) is 14.3. The highest BCUT2D eigenvalue weighted by atomic mass is 16.5. The van der Waals surface area contributed by atoms with Crippen LogP contribution in [0.2, 0.25) is 0 Å². The molecule has 0 saturated carbocycles. The Bertz CT molecular complexity index is 360. The van der Waals surface area contributed by atoms with Crippen molar-refractivity contribution in [1.82, 2.24) is 5.32 Å². The zero-order valence-corrected chi connectivity index (χ0v) is 14.3. The molecule has 0 aromatic heterocycles. The lowest BCUT2D eigenvalue weighted by molar-refractivity contribution is -0.126. The lowest BCUT2D eigenvalue weighted by Crippen LogP contribution is -2.29. The van der Waals surface area contributed by atoms with Gasteiger partial charge in [0.25, 0.3) is 0 Å². The van der Waals surface area contributed by atoms with Gasteiger partial charge < -0.3 is 25.3 Å². The molecule has 0 aromatic carbocycles. The van der Waals surface area contributed by atoms with Crippen molar-refractivity contribution < 1.29 is 23.9 Å². The minimum atomic E-state index is -0.286. The summed E-state index contributed by atoms with van der Waals surface area (Å²) in [6.07, 6.45) is 3.64. The second-order valence-electron chi connectivity index (χ2n) is 5.62. The van der Waals surface area contributed by atoms with E-state index in [1.54, 1.807) is 13.8 Å². The lowest BCUT2D eigenvalue weighted by Gasteiger charge is -2.08. The van der Waals surface area contributed by atoms with Gasteiger partial charge in [-0.1, -0.05) is 13.3 Å². The van der Waals surface area contributed by atoms with Gasteiger partial charge in [0.15, 0.2) is 0 Å². The van der Waals surface area contributed by atoms with E-state index in [2.05, 4.69) is 5.32 Å². The van der Waals surface area contributed by atoms with E-state index in [1.807, 2.05) is 0 Å². The molecule has 3 N–H and O–H groups in total. The van der Waals surface area contributed by atoms with Crippen molar-refractivity contribution in [1.29, 1.82) is 0 Å². The molecule has 134 valence electrons. The maximum Gasteiger partial charge on any atom is 0.245 e. The molecule has 7 heteroatoms. The Balaban J connectivity index is 3.31. The van der Waals surface area contributed by atoms with Crippen molar-refractivity contribution in [2.45, 2.75) is 46.0 Å². The van der Waals surface area contributed by atoms with Gasteiger partial charge in [0, 0.05) is 25.5 Å². The summed E-state index contributed by atoms with van der Waals surface area (Å²) < 4.78 is 10.5. The molecule has 0 fully saturated rings. The molecule has 0 aliphatic carbocycles. The van der Waals surface area contributed by atoms with Crippen LogP contribution in [0, 0.1) is 5.92 Å². The van der Waals surface area contributed by atoms with Crippen molar-refractivity contribution in [3.05, 3.63) is 0 Å². The Morgan fingerprint density at radius 3 is 2.39 bits per heavy atom. The number of nitrogens with two attached hydrogens (primary N) is 1. The molecular weight excluding hydrogens is 300 g/mol. The van der Waals surface area contributed by atoms with Crippen LogP contribution >= 0.6 is 0 Å². The molecule has 0 bridgehead atoms. The second kappa shape index (κ2) is 14.1. The Labute approximate surface area is 138 Å². The second-order valence-corrected chi connectivity index (χ2v) is 5.62. The van der Waals surface area contributed by atoms with Crippen molar-refractivity contribution in [3.63, 3.8) is 0 Å². The molecule has 0 aromatic rings. The van der Waals surface area contributed by atoms with Gasteiger partial charge in [0.2, 0.25) is 11.8 Å². The molecule has 1 unspecified atom stereocenters. The van der Waals surface area contributed by atoms with E-state index in [4.69, 9.17) is 15.2 Å². The number of ketones is 1. The minimum Gasteiger partial charge on any atom is -0.379 e. The third-order valence-electron chi connectivity index (χ3n) is 3.29. The summed E-state index contributed by atoms with van der Waals surface area (Å²) in [5.41, 5.74) is 5.17. The normalized spacial score (nSPS) is 11.9. The SMILES string of the molecule is CC(=O)CCCOCCOCC(=O)NCCCCC(C)C(N)=O. The summed E-state index contributed by atoms with van der Waals surface area (Å²) in [6, 6.07) is 0. The molecule has 7 nitrogen and oxygen atoms in total. The first-order chi connectivity index (χ1) is 10.9. The van der Waals surface area contributed by atoms with Crippen LogP contribution in [-0.2, 0) is 23.9 Å². The van der Waals surface area contributed by atoms with E-state index in [0.29, 0.717) is 39.2 Å². The summed E-state index contributed by atoms with van der Waals surface area (Å²) in [5, 5.41) is 2.75. The fourth-order valence-corrected chi connectivity index (χ4v) is 1.80. The number of rotatable bonds is 15. The zero-order chi connectivity index (χ0) is 17.5. The average Bonchev–Trinajstić information content (AvgIpc) is 2.48. The van der Waals surface area contributed by atoms with E-state index >= 15 is 0 Å². The van der Waals surface area contributed by atoms with Crippen LogP contribution in [0.25, 0.3) is 0 Å². The molecule has 2 amide bonds. The molecule has 1 atom stereocenters. The number of carbonyl (C=O) groups excluding carboxylic acids is 3. The lowest BCUT2D eigenvalue weighted by atomic mass is 10.0. The number of ether oxygens (including phenoxy) is 2. The highest BCUT2D eigenvalue weighted by molar-refractivity contribution is 5.77. The van der Waals surface area contributed by atoms with Crippen LogP contribution in [0.15, 0.2) is 0 Å². The predicted molar refractivity (Wildman–Crippen MR) is 86.8 cm³/mol. The van der Waals surface area contributed by atoms with Crippen LogP contribution in [0.4, 0.5) is 0 Å². The summed E-state index contributed by atoms with van der Waals surface area (Å²) in [5.74, 6) is -0.412. The van der Waals surface area contributed by atoms with Crippen LogP contribution in [0.1, 0.15) is 46.0 Å². The maximum atomic E-state index is 11.5. The molecular formula is C16H30N2O5. The maximum absolute atomic E-state index is 11.5. The Kier molecular flexibility index (Phi) is 13.2. The topological polar surface area (TPSA) is 108 Å². The Morgan fingerprint density at radius 2 is 1.74 bits per heavy atom. The molecule has 0 aliphatic heterocycles. The van der Waals surface area contributed by atoms with Crippen LogP contribution in [0.5, 0.6) is 0 Å². The third-order valence-corrected chi connectivity index (χ3v) is 3.29. The molecule has 0 radical (unpaired) electrons. The first-order valence-corrected chi connectivity index (χ1v) is 8.14. The Hall–Kier alpha value is -1.47. The van der Waals surface area contributed by atoms with Gasteiger partial charge in [-0.25, -0.2) is 0 Å². The Morgan fingerprint density at radius 1 is 1.04 bits per heavy atom.